The van der Waals surface area contributed by atoms with Crippen molar-refractivity contribution in [3.05, 3.63) is 10.6 Å². The zero-order valence-corrected chi connectivity index (χ0v) is 14.0. The van der Waals surface area contributed by atoms with E-state index in [0.717, 1.165) is 12.3 Å². The number of anilines is 1. The third-order valence-electron chi connectivity index (χ3n) is 3.76. The lowest BCUT2D eigenvalue weighted by molar-refractivity contribution is 0.465. The van der Waals surface area contributed by atoms with E-state index in [-0.39, 0.29) is 0 Å². The highest BCUT2D eigenvalue weighted by atomic mass is 32.2. The Balaban J connectivity index is 2.16. The lowest BCUT2D eigenvalue weighted by Gasteiger charge is -2.23. The average molecular weight is 300 g/mol. The molecule has 1 aromatic rings. The van der Waals surface area contributed by atoms with Crippen LogP contribution in [0.15, 0.2) is 0 Å². The molecule has 0 aromatic carbocycles. The summed E-state index contributed by atoms with van der Waals surface area (Å²) in [6.07, 6.45) is 5.89. The molecule has 1 aromatic heterocycles. The van der Waals surface area contributed by atoms with Gasteiger partial charge in [0.25, 0.3) is 0 Å². The zero-order chi connectivity index (χ0) is 13.8. The molecule has 2 rings (SSSR count). The van der Waals surface area contributed by atoms with Gasteiger partial charge in [0.05, 0.1) is 11.7 Å². The van der Waals surface area contributed by atoms with Gasteiger partial charge in [-0.25, -0.2) is 4.98 Å². The van der Waals surface area contributed by atoms with Crippen molar-refractivity contribution in [2.45, 2.75) is 45.2 Å². The minimum absolute atomic E-state index is 0.475. The molecule has 0 radical (unpaired) electrons. The van der Waals surface area contributed by atoms with Gasteiger partial charge in [-0.3, -0.25) is 0 Å². The van der Waals surface area contributed by atoms with E-state index in [1.165, 1.54) is 35.0 Å². The third-order valence-corrected chi connectivity index (χ3v) is 5.80. The van der Waals surface area contributed by atoms with E-state index in [4.69, 9.17) is 4.98 Å². The Morgan fingerprint density at radius 2 is 2.37 bits per heavy atom. The summed E-state index contributed by atoms with van der Waals surface area (Å²) >= 11 is 3.79. The molecule has 1 heterocycles. The quantitative estimate of drug-likeness (QED) is 0.872. The number of thioether (sulfide) groups is 1. The molecule has 0 fully saturated rings. The number of aromatic nitrogens is 1. The van der Waals surface area contributed by atoms with Crippen LogP contribution in [-0.2, 0) is 6.42 Å². The van der Waals surface area contributed by atoms with Gasteiger partial charge in [0.2, 0.25) is 0 Å². The molecule has 1 aliphatic rings. The summed E-state index contributed by atoms with van der Waals surface area (Å²) in [7, 11) is 2.17. The first kappa shape index (κ1) is 15.1. The molecule has 0 saturated heterocycles. The number of rotatable bonds is 6. The van der Waals surface area contributed by atoms with Gasteiger partial charge in [-0.05, 0) is 39.0 Å². The standard InChI is InChI=1S/C14H25N3S2/c1-5-15-11-7-6-8-12-13(11)16-14(19-12)17(3)10(2)9-18-4/h10-11,15H,5-9H2,1-4H3. The second-order valence-electron chi connectivity index (χ2n) is 5.22. The summed E-state index contributed by atoms with van der Waals surface area (Å²) in [5.74, 6) is 1.15. The Hall–Kier alpha value is -0.260. The Morgan fingerprint density at radius 3 is 3.05 bits per heavy atom. The van der Waals surface area contributed by atoms with Crippen molar-refractivity contribution in [1.82, 2.24) is 10.3 Å². The van der Waals surface area contributed by atoms with E-state index >= 15 is 0 Å². The third kappa shape index (κ3) is 3.44. The molecule has 19 heavy (non-hydrogen) atoms. The SMILES string of the molecule is CCNC1CCCc2sc(N(C)C(C)CSC)nc21. The molecule has 2 unspecified atom stereocenters. The summed E-state index contributed by atoms with van der Waals surface area (Å²) in [6, 6.07) is 1.02. The number of nitrogens with one attached hydrogen (secondary N) is 1. The van der Waals surface area contributed by atoms with E-state index in [9.17, 15) is 0 Å². The van der Waals surface area contributed by atoms with Crippen molar-refractivity contribution in [2.75, 3.05) is 30.5 Å². The van der Waals surface area contributed by atoms with Crippen LogP contribution in [-0.4, -0.2) is 36.6 Å². The molecule has 0 spiro atoms. The molecule has 5 heteroatoms. The van der Waals surface area contributed by atoms with E-state index in [1.807, 2.05) is 23.1 Å². The molecule has 1 aliphatic carbocycles. The van der Waals surface area contributed by atoms with Gasteiger partial charge in [0.1, 0.15) is 0 Å². The van der Waals surface area contributed by atoms with Crippen LogP contribution in [0.4, 0.5) is 5.13 Å². The molecule has 108 valence electrons. The normalized spacial score (nSPS) is 20.1. The maximum Gasteiger partial charge on any atom is 0.185 e. The fourth-order valence-electron chi connectivity index (χ4n) is 2.54. The van der Waals surface area contributed by atoms with Gasteiger partial charge in [-0.1, -0.05) is 6.92 Å². The smallest absolute Gasteiger partial charge is 0.185 e. The highest BCUT2D eigenvalue weighted by Crippen LogP contribution is 2.36. The Bertz CT molecular complexity index is 405. The number of thiazole rings is 1. The predicted octanol–water partition coefficient (Wildman–Crippen LogP) is 3.32. The first-order chi connectivity index (χ1) is 9.17. The predicted molar refractivity (Wildman–Crippen MR) is 87.7 cm³/mol. The van der Waals surface area contributed by atoms with Crippen molar-refractivity contribution in [3.63, 3.8) is 0 Å². The number of fused-ring (bicyclic) bond motifs is 1. The number of hydrogen-bond acceptors (Lipinski definition) is 5. The highest BCUT2D eigenvalue weighted by Gasteiger charge is 2.25. The van der Waals surface area contributed by atoms with Gasteiger partial charge < -0.3 is 10.2 Å². The summed E-state index contributed by atoms with van der Waals surface area (Å²) < 4.78 is 0. The van der Waals surface area contributed by atoms with Crippen LogP contribution < -0.4 is 10.2 Å². The van der Waals surface area contributed by atoms with Crippen LogP contribution in [0.1, 0.15) is 43.3 Å². The van der Waals surface area contributed by atoms with Crippen molar-refractivity contribution in [1.29, 1.82) is 0 Å². The van der Waals surface area contributed by atoms with Gasteiger partial charge >= 0.3 is 0 Å². The van der Waals surface area contributed by atoms with Crippen LogP contribution in [0, 0.1) is 0 Å². The van der Waals surface area contributed by atoms with Crippen LogP contribution in [0.5, 0.6) is 0 Å². The van der Waals surface area contributed by atoms with Crippen LogP contribution in [0.25, 0.3) is 0 Å². The maximum absolute atomic E-state index is 4.93. The largest absolute Gasteiger partial charge is 0.348 e. The van der Waals surface area contributed by atoms with Crippen LogP contribution in [0.3, 0.4) is 0 Å². The fourth-order valence-corrected chi connectivity index (χ4v) is 4.48. The fraction of sp³-hybridized carbons (Fsp3) is 0.786. The topological polar surface area (TPSA) is 28.2 Å². The highest BCUT2D eigenvalue weighted by molar-refractivity contribution is 7.98. The second-order valence-corrected chi connectivity index (χ2v) is 7.20. The van der Waals surface area contributed by atoms with Crippen LogP contribution >= 0.6 is 23.1 Å². The Labute approximate surface area is 125 Å². The number of nitrogens with zero attached hydrogens (tertiary/aromatic N) is 2. The first-order valence-corrected chi connectivity index (χ1v) is 9.33. The minimum Gasteiger partial charge on any atom is -0.348 e. The first-order valence-electron chi connectivity index (χ1n) is 7.12. The monoisotopic (exact) mass is 299 g/mol. The lowest BCUT2D eigenvalue weighted by Crippen LogP contribution is -2.31. The van der Waals surface area contributed by atoms with E-state index in [0.29, 0.717) is 12.1 Å². The van der Waals surface area contributed by atoms with Gasteiger partial charge in [0.15, 0.2) is 5.13 Å². The minimum atomic E-state index is 0.475. The molecule has 1 N–H and O–H groups in total. The summed E-state index contributed by atoms with van der Waals surface area (Å²) in [5.41, 5.74) is 1.32. The van der Waals surface area contributed by atoms with Crippen molar-refractivity contribution in [3.8, 4) is 0 Å². The van der Waals surface area contributed by atoms with Crippen molar-refractivity contribution >= 4 is 28.2 Å². The summed E-state index contributed by atoms with van der Waals surface area (Å²) in [5, 5.41) is 4.76. The molecule has 2 atom stereocenters. The summed E-state index contributed by atoms with van der Waals surface area (Å²) in [6.45, 7) is 5.47. The average Bonchev–Trinajstić information content (AvgIpc) is 2.83. The van der Waals surface area contributed by atoms with Crippen molar-refractivity contribution in [2.24, 2.45) is 0 Å². The number of aryl methyl sites for hydroxylation is 1. The summed E-state index contributed by atoms with van der Waals surface area (Å²) in [4.78, 5) is 8.76. The molecule has 0 aliphatic heterocycles. The molecular weight excluding hydrogens is 274 g/mol. The number of hydrogen-bond donors (Lipinski definition) is 1. The zero-order valence-electron chi connectivity index (χ0n) is 12.4. The van der Waals surface area contributed by atoms with Crippen LogP contribution in [0.2, 0.25) is 0 Å². The molecule has 0 amide bonds. The molecular formula is C14H25N3S2. The van der Waals surface area contributed by atoms with Crippen molar-refractivity contribution < 1.29 is 0 Å². The molecule has 3 nitrogen and oxygen atoms in total. The lowest BCUT2D eigenvalue weighted by atomic mass is 9.98. The van der Waals surface area contributed by atoms with E-state index < -0.39 is 0 Å². The van der Waals surface area contributed by atoms with Gasteiger partial charge in [-0.15, -0.1) is 11.3 Å². The maximum atomic E-state index is 4.93. The van der Waals surface area contributed by atoms with Gasteiger partial charge in [0, 0.05) is 23.7 Å². The Kier molecular flexibility index (Phi) is 5.54. The molecule has 0 bridgehead atoms. The molecule has 0 saturated carbocycles. The second kappa shape index (κ2) is 6.95. The van der Waals surface area contributed by atoms with E-state index in [2.05, 4.69) is 37.4 Å². The van der Waals surface area contributed by atoms with Gasteiger partial charge in [-0.2, -0.15) is 11.8 Å². The van der Waals surface area contributed by atoms with E-state index in [1.54, 1.807) is 0 Å². The Morgan fingerprint density at radius 1 is 1.58 bits per heavy atom.